The summed E-state index contributed by atoms with van der Waals surface area (Å²) in [6, 6.07) is 1.79. The minimum Gasteiger partial charge on any atom is -0.450 e. The molecule has 1 unspecified atom stereocenters. The zero-order chi connectivity index (χ0) is 20.8. The SMILES string of the molecule is CCOC(=O)N1CCC(NC(=O)c2c(C)ccn(CC3CCCNC3)c2=O)CC1. The van der Waals surface area contributed by atoms with Crippen molar-refractivity contribution in [1.29, 1.82) is 0 Å². The predicted molar refractivity (Wildman–Crippen MR) is 110 cm³/mol. The van der Waals surface area contributed by atoms with E-state index < -0.39 is 0 Å². The number of carbonyl (C=O) groups excluding carboxylic acids is 2. The number of aromatic nitrogens is 1. The monoisotopic (exact) mass is 404 g/mol. The minimum absolute atomic E-state index is 0.0526. The van der Waals surface area contributed by atoms with Crippen molar-refractivity contribution in [2.45, 2.75) is 52.1 Å². The molecule has 2 saturated heterocycles. The topological polar surface area (TPSA) is 92.7 Å². The van der Waals surface area contributed by atoms with Crippen LogP contribution in [0.1, 0.15) is 48.5 Å². The molecule has 1 aromatic rings. The van der Waals surface area contributed by atoms with Gasteiger partial charge in [0.25, 0.3) is 11.5 Å². The van der Waals surface area contributed by atoms with Crippen molar-refractivity contribution in [2.75, 3.05) is 32.8 Å². The molecule has 2 N–H and O–H groups in total. The zero-order valence-electron chi connectivity index (χ0n) is 17.4. The van der Waals surface area contributed by atoms with Crippen LogP contribution in [-0.2, 0) is 11.3 Å². The number of aryl methyl sites for hydroxylation is 1. The average Bonchev–Trinajstić information content (AvgIpc) is 2.72. The summed E-state index contributed by atoms with van der Waals surface area (Å²) >= 11 is 0. The van der Waals surface area contributed by atoms with Gasteiger partial charge in [-0.2, -0.15) is 0 Å². The largest absolute Gasteiger partial charge is 0.450 e. The lowest BCUT2D eigenvalue weighted by molar-refractivity contribution is 0.0858. The van der Waals surface area contributed by atoms with Crippen LogP contribution in [0.15, 0.2) is 17.1 Å². The molecule has 0 bridgehead atoms. The molecule has 2 aliphatic rings. The Hall–Kier alpha value is -2.35. The number of amides is 2. The Labute approximate surface area is 171 Å². The zero-order valence-corrected chi connectivity index (χ0v) is 17.4. The van der Waals surface area contributed by atoms with E-state index in [-0.39, 0.29) is 29.2 Å². The lowest BCUT2D eigenvalue weighted by atomic mass is 9.99. The fraction of sp³-hybridized carbons (Fsp3) is 0.667. The second kappa shape index (κ2) is 9.91. The van der Waals surface area contributed by atoms with Crippen LogP contribution < -0.4 is 16.2 Å². The van der Waals surface area contributed by atoms with E-state index in [1.807, 2.05) is 6.07 Å². The van der Waals surface area contributed by atoms with Gasteiger partial charge in [-0.15, -0.1) is 0 Å². The van der Waals surface area contributed by atoms with Gasteiger partial charge in [-0.05, 0) is 70.2 Å². The van der Waals surface area contributed by atoms with E-state index in [4.69, 9.17) is 4.74 Å². The first-order valence-electron chi connectivity index (χ1n) is 10.6. The van der Waals surface area contributed by atoms with Crippen LogP contribution in [0.3, 0.4) is 0 Å². The summed E-state index contributed by atoms with van der Waals surface area (Å²) in [4.78, 5) is 39.3. The number of rotatable bonds is 5. The lowest BCUT2D eigenvalue weighted by Crippen LogP contribution is -2.48. The third-order valence-electron chi connectivity index (χ3n) is 5.81. The molecular formula is C21H32N4O4. The quantitative estimate of drug-likeness (QED) is 0.776. The maximum absolute atomic E-state index is 13.0. The first-order valence-corrected chi connectivity index (χ1v) is 10.6. The van der Waals surface area contributed by atoms with Gasteiger partial charge in [0.2, 0.25) is 0 Å². The fourth-order valence-electron chi connectivity index (χ4n) is 4.12. The van der Waals surface area contributed by atoms with Gasteiger partial charge < -0.3 is 24.8 Å². The average molecular weight is 405 g/mol. The summed E-state index contributed by atoms with van der Waals surface area (Å²) < 4.78 is 6.69. The van der Waals surface area contributed by atoms with E-state index in [0.29, 0.717) is 50.6 Å². The third-order valence-corrected chi connectivity index (χ3v) is 5.81. The first-order chi connectivity index (χ1) is 14.0. The highest BCUT2D eigenvalue weighted by Crippen LogP contribution is 2.14. The van der Waals surface area contributed by atoms with Crippen LogP contribution in [0.5, 0.6) is 0 Å². The van der Waals surface area contributed by atoms with Crippen molar-refractivity contribution in [2.24, 2.45) is 5.92 Å². The molecule has 29 heavy (non-hydrogen) atoms. The van der Waals surface area contributed by atoms with Gasteiger partial charge >= 0.3 is 6.09 Å². The number of nitrogens with one attached hydrogen (secondary N) is 2. The lowest BCUT2D eigenvalue weighted by Gasteiger charge is -2.31. The number of pyridine rings is 1. The molecule has 0 spiro atoms. The normalized spacial score (nSPS) is 20.3. The van der Waals surface area contributed by atoms with E-state index in [9.17, 15) is 14.4 Å². The van der Waals surface area contributed by atoms with E-state index in [2.05, 4.69) is 10.6 Å². The Morgan fingerprint density at radius 3 is 2.69 bits per heavy atom. The van der Waals surface area contributed by atoms with E-state index in [1.54, 1.807) is 29.5 Å². The molecule has 0 aromatic carbocycles. The number of carbonyl (C=O) groups is 2. The molecule has 0 saturated carbocycles. The molecule has 2 aliphatic heterocycles. The summed E-state index contributed by atoms with van der Waals surface area (Å²) in [5.74, 6) is 0.0884. The van der Waals surface area contributed by atoms with Gasteiger partial charge in [0.1, 0.15) is 5.56 Å². The van der Waals surface area contributed by atoms with Gasteiger partial charge in [0.05, 0.1) is 6.61 Å². The molecule has 8 nitrogen and oxygen atoms in total. The second-order valence-corrected chi connectivity index (χ2v) is 7.98. The molecular weight excluding hydrogens is 372 g/mol. The highest BCUT2D eigenvalue weighted by molar-refractivity contribution is 5.95. The summed E-state index contributed by atoms with van der Waals surface area (Å²) in [7, 11) is 0. The molecule has 0 radical (unpaired) electrons. The van der Waals surface area contributed by atoms with Crippen molar-refractivity contribution >= 4 is 12.0 Å². The Morgan fingerprint density at radius 1 is 1.28 bits per heavy atom. The summed E-state index contributed by atoms with van der Waals surface area (Å²) in [6.45, 7) is 7.57. The molecule has 2 amide bonds. The molecule has 0 aliphatic carbocycles. The Morgan fingerprint density at radius 2 is 2.03 bits per heavy atom. The van der Waals surface area contributed by atoms with Crippen molar-refractivity contribution < 1.29 is 14.3 Å². The Balaban J connectivity index is 1.62. The van der Waals surface area contributed by atoms with E-state index in [1.165, 1.54) is 0 Å². The maximum atomic E-state index is 13.0. The number of ether oxygens (including phenoxy) is 1. The van der Waals surface area contributed by atoms with Crippen LogP contribution in [-0.4, -0.2) is 60.3 Å². The molecule has 3 rings (SSSR count). The first kappa shape index (κ1) is 21.4. The molecule has 160 valence electrons. The van der Waals surface area contributed by atoms with Crippen molar-refractivity contribution in [3.63, 3.8) is 0 Å². The van der Waals surface area contributed by atoms with Gasteiger partial charge in [-0.1, -0.05) is 0 Å². The number of hydrogen-bond acceptors (Lipinski definition) is 5. The standard InChI is InChI=1S/C21H32N4O4/c1-3-29-21(28)24-11-7-17(8-12-24)23-19(26)18-15(2)6-10-25(20(18)27)14-16-5-4-9-22-13-16/h6,10,16-17,22H,3-5,7-9,11-14H2,1-2H3,(H,23,26). The summed E-state index contributed by atoms with van der Waals surface area (Å²) in [5.41, 5.74) is 0.690. The Kier molecular flexibility index (Phi) is 7.30. The second-order valence-electron chi connectivity index (χ2n) is 7.98. The fourth-order valence-corrected chi connectivity index (χ4v) is 4.12. The number of likely N-dealkylation sites (tertiary alicyclic amines) is 1. The highest BCUT2D eigenvalue weighted by Gasteiger charge is 2.26. The van der Waals surface area contributed by atoms with Crippen LogP contribution >= 0.6 is 0 Å². The van der Waals surface area contributed by atoms with E-state index in [0.717, 1.165) is 25.9 Å². The Bertz CT molecular complexity index is 777. The van der Waals surface area contributed by atoms with Gasteiger partial charge in [-0.25, -0.2) is 4.79 Å². The minimum atomic E-state index is -0.321. The van der Waals surface area contributed by atoms with Crippen LogP contribution in [0.25, 0.3) is 0 Å². The summed E-state index contributed by atoms with van der Waals surface area (Å²) in [6.07, 6.45) is 4.99. The molecule has 3 heterocycles. The number of hydrogen-bond donors (Lipinski definition) is 2. The number of piperidine rings is 2. The van der Waals surface area contributed by atoms with Crippen molar-refractivity contribution in [3.05, 3.63) is 33.7 Å². The van der Waals surface area contributed by atoms with Crippen molar-refractivity contribution in [3.8, 4) is 0 Å². The van der Waals surface area contributed by atoms with Gasteiger partial charge in [0.15, 0.2) is 0 Å². The molecule has 1 aromatic heterocycles. The number of nitrogens with zero attached hydrogens (tertiary/aromatic N) is 2. The van der Waals surface area contributed by atoms with Crippen molar-refractivity contribution in [1.82, 2.24) is 20.1 Å². The highest BCUT2D eigenvalue weighted by atomic mass is 16.6. The smallest absolute Gasteiger partial charge is 0.409 e. The van der Waals surface area contributed by atoms with Gasteiger partial charge in [-0.3, -0.25) is 9.59 Å². The van der Waals surface area contributed by atoms with E-state index >= 15 is 0 Å². The molecule has 1 atom stereocenters. The van der Waals surface area contributed by atoms with Crippen LogP contribution in [0, 0.1) is 12.8 Å². The van der Waals surface area contributed by atoms with Gasteiger partial charge in [0, 0.05) is 31.9 Å². The maximum Gasteiger partial charge on any atom is 0.409 e. The molecule has 8 heteroatoms. The predicted octanol–water partition coefficient (Wildman–Crippen LogP) is 1.51. The van der Waals surface area contributed by atoms with Crippen LogP contribution in [0.4, 0.5) is 4.79 Å². The molecule has 2 fully saturated rings. The summed E-state index contributed by atoms with van der Waals surface area (Å²) in [5, 5.41) is 6.36. The van der Waals surface area contributed by atoms with Crippen LogP contribution in [0.2, 0.25) is 0 Å². The third kappa shape index (κ3) is 5.38.